The number of rotatable bonds is 8. The second-order valence-corrected chi connectivity index (χ2v) is 7.61. The molecule has 0 saturated carbocycles. The van der Waals surface area contributed by atoms with Crippen molar-refractivity contribution in [3.63, 3.8) is 0 Å². The van der Waals surface area contributed by atoms with Crippen molar-refractivity contribution < 1.29 is 8.42 Å². The fourth-order valence-electron chi connectivity index (χ4n) is 2.60. The molecule has 1 aliphatic heterocycles. The summed E-state index contributed by atoms with van der Waals surface area (Å²) in [6.07, 6.45) is 4.68. The van der Waals surface area contributed by atoms with Crippen molar-refractivity contribution in [2.75, 3.05) is 13.1 Å². The Morgan fingerprint density at radius 2 is 1.85 bits per heavy atom. The van der Waals surface area contributed by atoms with Gasteiger partial charge in [-0.05, 0) is 25.7 Å². The van der Waals surface area contributed by atoms with Crippen LogP contribution in [0.3, 0.4) is 0 Å². The fraction of sp³-hybridized carbons (Fsp3) is 1.00. The molecule has 6 heteroatoms. The lowest BCUT2D eigenvalue weighted by molar-refractivity contribution is 0.237. The van der Waals surface area contributed by atoms with Crippen LogP contribution >= 0.6 is 0 Å². The molecule has 0 aromatic heterocycles. The Bertz CT molecular complexity index is 367. The van der Waals surface area contributed by atoms with Gasteiger partial charge in [-0.3, -0.25) is 0 Å². The predicted molar refractivity (Wildman–Crippen MR) is 83.9 cm³/mol. The summed E-state index contributed by atoms with van der Waals surface area (Å²) in [5, 5.41) is 3.36. The van der Waals surface area contributed by atoms with E-state index in [0.29, 0.717) is 12.6 Å². The van der Waals surface area contributed by atoms with Gasteiger partial charge in [0, 0.05) is 31.2 Å². The van der Waals surface area contributed by atoms with E-state index in [1.54, 1.807) is 4.31 Å². The molecule has 2 N–H and O–H groups in total. The highest BCUT2D eigenvalue weighted by molar-refractivity contribution is 7.87. The Balaban J connectivity index is 2.72. The van der Waals surface area contributed by atoms with E-state index in [1.165, 1.54) is 0 Å². The Labute approximate surface area is 124 Å². The molecule has 5 nitrogen and oxygen atoms in total. The van der Waals surface area contributed by atoms with Crippen LogP contribution < -0.4 is 10.0 Å². The first-order chi connectivity index (χ1) is 9.40. The number of nitrogens with one attached hydrogen (secondary N) is 2. The lowest BCUT2D eigenvalue weighted by Crippen LogP contribution is -2.54. The highest BCUT2D eigenvalue weighted by atomic mass is 32.2. The maximum atomic E-state index is 12.6. The SMILES string of the molecule is CCC(CC)NS(=O)(=O)N1CCCCC1CNC(C)C. The minimum atomic E-state index is -3.36. The first kappa shape index (κ1) is 17.9. The van der Waals surface area contributed by atoms with E-state index in [9.17, 15) is 8.42 Å². The molecule has 0 aromatic rings. The van der Waals surface area contributed by atoms with Crippen LogP contribution in [0.25, 0.3) is 0 Å². The van der Waals surface area contributed by atoms with Gasteiger partial charge in [-0.1, -0.05) is 34.1 Å². The Kier molecular flexibility index (Phi) is 7.43. The standard InChI is InChI=1S/C14H31N3O2S/c1-5-13(6-2)16-20(18,19)17-10-8-7-9-14(17)11-15-12(3)4/h12-16H,5-11H2,1-4H3. The Morgan fingerprint density at radius 3 is 2.40 bits per heavy atom. The zero-order valence-corrected chi connectivity index (χ0v) is 14.2. The summed E-state index contributed by atoms with van der Waals surface area (Å²) in [7, 11) is -3.36. The number of nitrogens with zero attached hydrogens (tertiary/aromatic N) is 1. The molecule has 0 aromatic carbocycles. The van der Waals surface area contributed by atoms with Crippen LogP contribution in [0.2, 0.25) is 0 Å². The number of piperidine rings is 1. The second kappa shape index (κ2) is 8.32. The van der Waals surface area contributed by atoms with Crippen LogP contribution in [0.1, 0.15) is 59.8 Å². The molecule has 1 atom stereocenters. The summed E-state index contributed by atoms with van der Waals surface area (Å²) < 4.78 is 29.6. The fourth-order valence-corrected chi connectivity index (χ4v) is 4.43. The Hall–Kier alpha value is -0.170. The van der Waals surface area contributed by atoms with E-state index in [0.717, 1.165) is 38.6 Å². The van der Waals surface area contributed by atoms with E-state index in [1.807, 2.05) is 13.8 Å². The topological polar surface area (TPSA) is 61.4 Å². The third kappa shape index (κ3) is 5.31. The number of hydrogen-bond donors (Lipinski definition) is 2. The zero-order chi connectivity index (χ0) is 15.2. The van der Waals surface area contributed by atoms with E-state index in [-0.39, 0.29) is 12.1 Å². The molecule has 1 aliphatic rings. The lowest BCUT2D eigenvalue weighted by atomic mass is 10.0. The summed E-state index contributed by atoms with van der Waals surface area (Å²) in [4.78, 5) is 0. The third-order valence-electron chi connectivity index (χ3n) is 3.94. The summed E-state index contributed by atoms with van der Waals surface area (Å²) in [6.45, 7) is 9.59. The third-order valence-corrected chi connectivity index (χ3v) is 5.67. The van der Waals surface area contributed by atoms with Crippen molar-refractivity contribution in [3.05, 3.63) is 0 Å². The second-order valence-electron chi connectivity index (χ2n) is 5.96. The smallest absolute Gasteiger partial charge is 0.279 e. The van der Waals surface area contributed by atoms with Crippen molar-refractivity contribution in [3.8, 4) is 0 Å². The average molecular weight is 305 g/mol. The van der Waals surface area contributed by atoms with Gasteiger partial charge in [0.1, 0.15) is 0 Å². The molecule has 1 unspecified atom stereocenters. The molecule has 20 heavy (non-hydrogen) atoms. The molecule has 1 fully saturated rings. The van der Waals surface area contributed by atoms with Gasteiger partial charge < -0.3 is 5.32 Å². The van der Waals surface area contributed by atoms with Crippen molar-refractivity contribution >= 4 is 10.2 Å². The first-order valence-corrected chi connectivity index (χ1v) is 9.37. The highest BCUT2D eigenvalue weighted by Crippen LogP contribution is 2.20. The molecule has 120 valence electrons. The maximum absolute atomic E-state index is 12.6. The largest absolute Gasteiger partial charge is 0.313 e. The van der Waals surface area contributed by atoms with Crippen molar-refractivity contribution in [1.29, 1.82) is 0 Å². The normalized spacial score (nSPS) is 21.8. The average Bonchev–Trinajstić information content (AvgIpc) is 2.42. The van der Waals surface area contributed by atoms with E-state index < -0.39 is 10.2 Å². The van der Waals surface area contributed by atoms with Gasteiger partial charge in [-0.15, -0.1) is 0 Å². The van der Waals surface area contributed by atoms with Crippen molar-refractivity contribution in [2.45, 2.75) is 77.9 Å². The zero-order valence-electron chi connectivity index (χ0n) is 13.4. The van der Waals surface area contributed by atoms with Crippen molar-refractivity contribution in [2.24, 2.45) is 0 Å². The van der Waals surface area contributed by atoms with Crippen LogP contribution in [-0.4, -0.2) is 43.9 Å². The minimum Gasteiger partial charge on any atom is -0.313 e. The summed E-state index contributed by atoms with van der Waals surface area (Å²) in [6, 6.07) is 0.507. The van der Waals surface area contributed by atoms with Gasteiger partial charge in [0.15, 0.2) is 0 Å². The van der Waals surface area contributed by atoms with Gasteiger partial charge in [0.2, 0.25) is 0 Å². The predicted octanol–water partition coefficient (Wildman–Crippen LogP) is 1.86. The molecule has 0 aliphatic carbocycles. The van der Waals surface area contributed by atoms with Gasteiger partial charge >= 0.3 is 0 Å². The monoisotopic (exact) mass is 305 g/mol. The van der Waals surface area contributed by atoms with Gasteiger partial charge in [-0.2, -0.15) is 17.4 Å². The van der Waals surface area contributed by atoms with Crippen LogP contribution in [0.15, 0.2) is 0 Å². The van der Waals surface area contributed by atoms with E-state index >= 15 is 0 Å². The first-order valence-electron chi connectivity index (χ1n) is 7.93. The minimum absolute atomic E-state index is 0.0423. The van der Waals surface area contributed by atoms with Crippen LogP contribution in [0.5, 0.6) is 0 Å². The molecular weight excluding hydrogens is 274 g/mol. The highest BCUT2D eigenvalue weighted by Gasteiger charge is 2.32. The summed E-state index contributed by atoms with van der Waals surface area (Å²) >= 11 is 0. The van der Waals surface area contributed by atoms with Crippen LogP contribution in [-0.2, 0) is 10.2 Å². The molecule has 1 heterocycles. The lowest BCUT2D eigenvalue weighted by Gasteiger charge is -2.36. The van der Waals surface area contributed by atoms with Crippen LogP contribution in [0.4, 0.5) is 0 Å². The van der Waals surface area contributed by atoms with Gasteiger partial charge in [-0.25, -0.2) is 0 Å². The summed E-state index contributed by atoms with van der Waals surface area (Å²) in [5.74, 6) is 0. The molecule has 0 amide bonds. The molecule has 0 radical (unpaired) electrons. The quantitative estimate of drug-likeness (QED) is 0.719. The maximum Gasteiger partial charge on any atom is 0.279 e. The molecule has 0 spiro atoms. The number of hydrogen-bond acceptors (Lipinski definition) is 3. The molecule has 1 saturated heterocycles. The van der Waals surface area contributed by atoms with E-state index in [2.05, 4.69) is 23.9 Å². The molecule has 1 rings (SSSR count). The molecule has 0 bridgehead atoms. The summed E-state index contributed by atoms with van der Waals surface area (Å²) in [5.41, 5.74) is 0. The van der Waals surface area contributed by atoms with Gasteiger partial charge in [0.05, 0.1) is 0 Å². The van der Waals surface area contributed by atoms with E-state index in [4.69, 9.17) is 0 Å². The Morgan fingerprint density at radius 1 is 1.20 bits per heavy atom. The van der Waals surface area contributed by atoms with Gasteiger partial charge in [0.25, 0.3) is 10.2 Å². The van der Waals surface area contributed by atoms with Crippen molar-refractivity contribution in [1.82, 2.24) is 14.3 Å². The van der Waals surface area contributed by atoms with Crippen LogP contribution in [0, 0.1) is 0 Å². The molecular formula is C14H31N3O2S.